The molecule has 1 saturated carbocycles. The molecule has 0 amide bonds. The van der Waals surface area contributed by atoms with E-state index in [2.05, 4.69) is 41.5 Å². The molecular formula is C14H28. The fraction of sp³-hybridized carbons (Fsp3) is 1.00. The van der Waals surface area contributed by atoms with Crippen molar-refractivity contribution < 1.29 is 0 Å². The zero-order valence-corrected chi connectivity index (χ0v) is 11.0. The Morgan fingerprint density at radius 1 is 1.21 bits per heavy atom. The SMILES string of the molecule is CC(C)C1(C)CCCC(C(C)(C)C)C1. The largest absolute Gasteiger partial charge is 0.0623 e. The van der Waals surface area contributed by atoms with E-state index in [1.807, 2.05) is 0 Å². The maximum Gasteiger partial charge on any atom is -0.0300 e. The van der Waals surface area contributed by atoms with E-state index in [0.717, 1.165) is 11.8 Å². The fourth-order valence-electron chi connectivity index (χ4n) is 2.78. The molecule has 1 rings (SSSR count). The van der Waals surface area contributed by atoms with Crippen LogP contribution >= 0.6 is 0 Å². The molecule has 1 aliphatic carbocycles. The standard InChI is InChI=1S/C14H28/c1-11(2)14(6)9-7-8-12(10-14)13(3,4)5/h11-12H,7-10H2,1-6H3. The summed E-state index contributed by atoms with van der Waals surface area (Å²) >= 11 is 0. The molecule has 1 aliphatic rings. The molecule has 0 N–H and O–H groups in total. The van der Waals surface area contributed by atoms with E-state index >= 15 is 0 Å². The van der Waals surface area contributed by atoms with Crippen LogP contribution in [0.5, 0.6) is 0 Å². The van der Waals surface area contributed by atoms with Crippen molar-refractivity contribution in [3.63, 3.8) is 0 Å². The molecule has 2 atom stereocenters. The van der Waals surface area contributed by atoms with Gasteiger partial charge in [-0.05, 0) is 41.9 Å². The van der Waals surface area contributed by atoms with Crippen molar-refractivity contribution in [3.8, 4) is 0 Å². The minimum Gasteiger partial charge on any atom is -0.0623 e. The van der Waals surface area contributed by atoms with Crippen LogP contribution in [0.25, 0.3) is 0 Å². The van der Waals surface area contributed by atoms with Crippen LogP contribution < -0.4 is 0 Å². The van der Waals surface area contributed by atoms with Gasteiger partial charge in [-0.25, -0.2) is 0 Å². The van der Waals surface area contributed by atoms with Gasteiger partial charge in [-0.1, -0.05) is 48.0 Å². The minimum atomic E-state index is 0.510. The van der Waals surface area contributed by atoms with Gasteiger partial charge < -0.3 is 0 Å². The van der Waals surface area contributed by atoms with Crippen molar-refractivity contribution in [1.29, 1.82) is 0 Å². The summed E-state index contributed by atoms with van der Waals surface area (Å²) < 4.78 is 0. The van der Waals surface area contributed by atoms with Gasteiger partial charge >= 0.3 is 0 Å². The minimum absolute atomic E-state index is 0.510. The highest BCUT2D eigenvalue weighted by molar-refractivity contribution is 4.89. The van der Waals surface area contributed by atoms with E-state index < -0.39 is 0 Å². The highest BCUT2D eigenvalue weighted by Gasteiger charge is 2.38. The molecule has 0 spiro atoms. The van der Waals surface area contributed by atoms with Gasteiger partial charge in [-0.15, -0.1) is 0 Å². The third-order valence-corrected chi connectivity index (χ3v) is 4.63. The van der Waals surface area contributed by atoms with E-state index in [0.29, 0.717) is 10.8 Å². The Balaban J connectivity index is 2.69. The van der Waals surface area contributed by atoms with Crippen LogP contribution in [0.15, 0.2) is 0 Å². The fourth-order valence-corrected chi connectivity index (χ4v) is 2.78. The zero-order valence-electron chi connectivity index (χ0n) is 11.0. The lowest BCUT2D eigenvalue weighted by Gasteiger charge is -2.46. The molecule has 0 aromatic heterocycles. The van der Waals surface area contributed by atoms with Gasteiger partial charge in [-0.2, -0.15) is 0 Å². The van der Waals surface area contributed by atoms with Crippen LogP contribution in [0.2, 0.25) is 0 Å². The first-order chi connectivity index (χ1) is 6.26. The second kappa shape index (κ2) is 3.87. The molecule has 0 heteroatoms. The van der Waals surface area contributed by atoms with Gasteiger partial charge in [0.1, 0.15) is 0 Å². The molecule has 0 aromatic rings. The van der Waals surface area contributed by atoms with Crippen molar-refractivity contribution in [2.24, 2.45) is 22.7 Å². The average molecular weight is 196 g/mol. The maximum atomic E-state index is 2.50. The van der Waals surface area contributed by atoms with Crippen molar-refractivity contribution in [2.75, 3.05) is 0 Å². The Bertz CT molecular complexity index is 185. The summed E-state index contributed by atoms with van der Waals surface area (Å²) in [6, 6.07) is 0. The van der Waals surface area contributed by atoms with Gasteiger partial charge in [0, 0.05) is 0 Å². The monoisotopic (exact) mass is 196 g/mol. The summed E-state index contributed by atoms with van der Waals surface area (Å²) in [5, 5.41) is 0. The molecule has 0 nitrogen and oxygen atoms in total. The summed E-state index contributed by atoms with van der Waals surface area (Å²) in [5.41, 5.74) is 1.12. The van der Waals surface area contributed by atoms with Crippen molar-refractivity contribution in [1.82, 2.24) is 0 Å². The first-order valence-electron chi connectivity index (χ1n) is 6.26. The first kappa shape index (κ1) is 12.1. The molecule has 0 saturated heterocycles. The van der Waals surface area contributed by atoms with E-state index in [1.54, 1.807) is 0 Å². The summed E-state index contributed by atoms with van der Waals surface area (Å²) in [6.45, 7) is 14.5. The Kier molecular flexibility index (Phi) is 3.33. The van der Waals surface area contributed by atoms with Gasteiger partial charge in [0.05, 0.1) is 0 Å². The number of hydrogen-bond acceptors (Lipinski definition) is 0. The average Bonchev–Trinajstić information content (AvgIpc) is 2.02. The third kappa shape index (κ3) is 2.52. The third-order valence-electron chi connectivity index (χ3n) is 4.63. The van der Waals surface area contributed by atoms with Crippen LogP contribution in [-0.4, -0.2) is 0 Å². The Morgan fingerprint density at radius 2 is 1.79 bits per heavy atom. The number of hydrogen-bond donors (Lipinski definition) is 0. The number of rotatable bonds is 1. The molecule has 0 aliphatic heterocycles. The maximum absolute atomic E-state index is 2.50. The molecule has 0 aromatic carbocycles. The van der Waals surface area contributed by atoms with E-state index in [9.17, 15) is 0 Å². The van der Waals surface area contributed by atoms with E-state index in [-0.39, 0.29) is 0 Å². The van der Waals surface area contributed by atoms with Crippen molar-refractivity contribution >= 4 is 0 Å². The summed E-state index contributed by atoms with van der Waals surface area (Å²) in [5.74, 6) is 1.77. The molecule has 0 radical (unpaired) electrons. The summed E-state index contributed by atoms with van der Waals surface area (Å²) in [4.78, 5) is 0. The van der Waals surface area contributed by atoms with Gasteiger partial charge in [-0.3, -0.25) is 0 Å². The summed E-state index contributed by atoms with van der Waals surface area (Å²) in [7, 11) is 0. The topological polar surface area (TPSA) is 0 Å². The lowest BCUT2D eigenvalue weighted by molar-refractivity contribution is 0.0496. The summed E-state index contributed by atoms with van der Waals surface area (Å²) in [6.07, 6.45) is 5.77. The lowest BCUT2D eigenvalue weighted by atomic mass is 9.60. The second-order valence-electron chi connectivity index (χ2n) is 6.97. The molecule has 1 fully saturated rings. The highest BCUT2D eigenvalue weighted by atomic mass is 14.4. The molecule has 2 unspecified atom stereocenters. The predicted molar refractivity (Wildman–Crippen MR) is 64.4 cm³/mol. The zero-order chi connectivity index (χ0) is 11.0. The Morgan fingerprint density at radius 3 is 2.21 bits per heavy atom. The molecule has 84 valence electrons. The second-order valence-corrected chi connectivity index (χ2v) is 6.97. The van der Waals surface area contributed by atoms with Crippen LogP contribution in [0.1, 0.15) is 67.2 Å². The van der Waals surface area contributed by atoms with Crippen molar-refractivity contribution in [3.05, 3.63) is 0 Å². The van der Waals surface area contributed by atoms with Crippen LogP contribution in [-0.2, 0) is 0 Å². The van der Waals surface area contributed by atoms with Crippen LogP contribution in [0.4, 0.5) is 0 Å². The van der Waals surface area contributed by atoms with Gasteiger partial charge in [0.15, 0.2) is 0 Å². The Hall–Kier alpha value is 0. The smallest absolute Gasteiger partial charge is 0.0300 e. The molecule has 0 bridgehead atoms. The van der Waals surface area contributed by atoms with Gasteiger partial charge in [0.25, 0.3) is 0 Å². The Labute approximate surface area is 90.5 Å². The molecule has 0 heterocycles. The molecular weight excluding hydrogens is 168 g/mol. The van der Waals surface area contributed by atoms with Gasteiger partial charge in [0.2, 0.25) is 0 Å². The van der Waals surface area contributed by atoms with E-state index in [1.165, 1.54) is 25.7 Å². The van der Waals surface area contributed by atoms with Crippen LogP contribution in [0, 0.1) is 22.7 Å². The quantitative estimate of drug-likeness (QED) is 0.560. The normalized spacial score (nSPS) is 34.9. The molecule has 14 heavy (non-hydrogen) atoms. The predicted octanol–water partition coefficient (Wildman–Crippen LogP) is 4.89. The van der Waals surface area contributed by atoms with Crippen LogP contribution in [0.3, 0.4) is 0 Å². The highest BCUT2D eigenvalue weighted by Crippen LogP contribution is 2.49. The van der Waals surface area contributed by atoms with E-state index in [4.69, 9.17) is 0 Å². The lowest BCUT2D eigenvalue weighted by Crippen LogP contribution is -2.35. The first-order valence-corrected chi connectivity index (χ1v) is 6.26. The van der Waals surface area contributed by atoms with Crippen molar-refractivity contribution in [2.45, 2.75) is 67.2 Å².